The number of pyridine rings is 1. The number of halogens is 1. The van der Waals surface area contributed by atoms with Gasteiger partial charge >= 0.3 is 0 Å². The summed E-state index contributed by atoms with van der Waals surface area (Å²) >= 11 is 5.98. The van der Waals surface area contributed by atoms with Crippen LogP contribution in [-0.4, -0.2) is 17.1 Å². The highest BCUT2D eigenvalue weighted by atomic mass is 35.5. The number of carbonyl (C=O) groups excluding carboxylic acids is 1. The highest BCUT2D eigenvalue weighted by molar-refractivity contribution is 6.30. The molecule has 0 aliphatic carbocycles. The van der Waals surface area contributed by atoms with E-state index in [1.54, 1.807) is 24.4 Å². The average molecular weight is 386 g/mol. The molecule has 0 spiro atoms. The molecule has 1 N–H and O–H groups in total. The van der Waals surface area contributed by atoms with Gasteiger partial charge in [0.1, 0.15) is 0 Å². The van der Waals surface area contributed by atoms with Crippen molar-refractivity contribution in [1.29, 1.82) is 0 Å². The summed E-state index contributed by atoms with van der Waals surface area (Å²) in [7, 11) is 0. The molecule has 0 saturated carbocycles. The molecule has 1 amide bonds. The van der Waals surface area contributed by atoms with Crippen LogP contribution in [0.4, 0.5) is 0 Å². The lowest BCUT2D eigenvalue weighted by Crippen LogP contribution is -2.18. The monoisotopic (exact) mass is 385 g/mol. The van der Waals surface area contributed by atoms with Crippen LogP contribution >= 0.6 is 11.6 Å². The maximum absolute atomic E-state index is 12.8. The Morgan fingerprint density at radius 1 is 0.929 bits per heavy atom. The van der Waals surface area contributed by atoms with Crippen molar-refractivity contribution in [3.63, 3.8) is 0 Å². The third-order valence-corrected chi connectivity index (χ3v) is 4.53. The molecule has 0 atom stereocenters. The number of para-hydroxylation sites is 1. The molecule has 0 aliphatic heterocycles. The fraction of sp³-hybridized carbons (Fsp3) is 0. The SMILES string of the molecule is O=C(N/N=C\c1ccccc1)c1cc(-c2ccc(Cl)cc2)nc2ccccc12. The fourth-order valence-electron chi connectivity index (χ4n) is 2.90. The van der Waals surface area contributed by atoms with Crippen LogP contribution in [-0.2, 0) is 0 Å². The number of hydrazone groups is 1. The Morgan fingerprint density at radius 2 is 1.64 bits per heavy atom. The van der Waals surface area contributed by atoms with Gasteiger partial charge in [-0.3, -0.25) is 4.79 Å². The predicted molar refractivity (Wildman–Crippen MR) is 114 cm³/mol. The number of aromatic nitrogens is 1. The zero-order valence-corrected chi connectivity index (χ0v) is 15.6. The lowest BCUT2D eigenvalue weighted by atomic mass is 10.0. The largest absolute Gasteiger partial charge is 0.272 e. The highest BCUT2D eigenvalue weighted by Gasteiger charge is 2.13. The van der Waals surface area contributed by atoms with Crippen molar-refractivity contribution in [2.45, 2.75) is 0 Å². The van der Waals surface area contributed by atoms with Crippen molar-refractivity contribution in [1.82, 2.24) is 10.4 Å². The van der Waals surface area contributed by atoms with Crippen molar-refractivity contribution in [3.8, 4) is 11.3 Å². The molecule has 4 aromatic rings. The molecule has 1 heterocycles. The Labute approximate surface area is 167 Å². The van der Waals surface area contributed by atoms with E-state index in [9.17, 15) is 4.79 Å². The maximum atomic E-state index is 12.8. The van der Waals surface area contributed by atoms with Gasteiger partial charge in [0.2, 0.25) is 0 Å². The molecule has 0 bridgehead atoms. The van der Waals surface area contributed by atoms with E-state index in [2.05, 4.69) is 15.5 Å². The zero-order chi connectivity index (χ0) is 19.3. The summed E-state index contributed by atoms with van der Waals surface area (Å²) in [5.41, 5.74) is 6.36. The van der Waals surface area contributed by atoms with E-state index in [4.69, 9.17) is 11.6 Å². The Kier molecular flexibility index (Phi) is 5.13. The van der Waals surface area contributed by atoms with Crippen LogP contribution in [0.5, 0.6) is 0 Å². The normalized spacial score (nSPS) is 11.0. The highest BCUT2D eigenvalue weighted by Crippen LogP contribution is 2.26. The molecular formula is C23H16ClN3O. The quantitative estimate of drug-likeness (QED) is 0.382. The van der Waals surface area contributed by atoms with Crippen molar-refractivity contribution < 1.29 is 4.79 Å². The first kappa shape index (κ1) is 17.9. The molecule has 0 unspecified atom stereocenters. The van der Waals surface area contributed by atoms with Gasteiger partial charge in [0.05, 0.1) is 23.0 Å². The molecule has 0 saturated heterocycles. The summed E-state index contributed by atoms with van der Waals surface area (Å²) < 4.78 is 0. The van der Waals surface area contributed by atoms with Gasteiger partial charge in [-0.15, -0.1) is 0 Å². The molecule has 1 aromatic heterocycles. The predicted octanol–water partition coefficient (Wildman–Crippen LogP) is 5.32. The number of hydrogen-bond donors (Lipinski definition) is 1. The Morgan fingerprint density at radius 3 is 2.43 bits per heavy atom. The molecule has 4 nitrogen and oxygen atoms in total. The van der Waals surface area contributed by atoms with Crippen LogP contribution < -0.4 is 5.43 Å². The number of hydrogen-bond acceptors (Lipinski definition) is 3. The molecule has 0 aliphatic rings. The van der Waals surface area contributed by atoms with E-state index in [-0.39, 0.29) is 5.91 Å². The molecular weight excluding hydrogens is 370 g/mol. The topological polar surface area (TPSA) is 54.4 Å². The van der Waals surface area contributed by atoms with E-state index in [0.29, 0.717) is 16.3 Å². The number of fused-ring (bicyclic) bond motifs is 1. The minimum Gasteiger partial charge on any atom is -0.267 e. The summed E-state index contributed by atoms with van der Waals surface area (Å²) in [6.07, 6.45) is 1.61. The van der Waals surface area contributed by atoms with Gasteiger partial charge in [-0.2, -0.15) is 5.10 Å². The van der Waals surface area contributed by atoms with Crippen molar-refractivity contribution in [2.75, 3.05) is 0 Å². The second-order valence-corrected chi connectivity index (χ2v) is 6.63. The summed E-state index contributed by atoms with van der Waals surface area (Å²) in [5.74, 6) is -0.291. The van der Waals surface area contributed by atoms with Gasteiger partial charge in [-0.05, 0) is 29.8 Å². The number of nitrogens with one attached hydrogen (secondary N) is 1. The number of benzene rings is 3. The lowest BCUT2D eigenvalue weighted by molar-refractivity contribution is 0.0957. The number of carbonyl (C=O) groups is 1. The van der Waals surface area contributed by atoms with Gasteiger partial charge in [0, 0.05) is 16.0 Å². The first-order valence-electron chi connectivity index (χ1n) is 8.75. The molecule has 0 radical (unpaired) electrons. The fourth-order valence-corrected chi connectivity index (χ4v) is 3.02. The molecule has 28 heavy (non-hydrogen) atoms. The smallest absolute Gasteiger partial charge is 0.267 e. The van der Waals surface area contributed by atoms with Gasteiger partial charge in [0.25, 0.3) is 5.91 Å². The van der Waals surface area contributed by atoms with Crippen LogP contribution in [0.2, 0.25) is 5.02 Å². The van der Waals surface area contributed by atoms with Gasteiger partial charge < -0.3 is 0 Å². The van der Waals surface area contributed by atoms with Crippen LogP contribution in [0.1, 0.15) is 15.9 Å². The zero-order valence-electron chi connectivity index (χ0n) is 14.8. The van der Waals surface area contributed by atoms with E-state index >= 15 is 0 Å². The number of nitrogens with zero attached hydrogens (tertiary/aromatic N) is 2. The third-order valence-electron chi connectivity index (χ3n) is 4.28. The van der Waals surface area contributed by atoms with Crippen LogP contribution in [0.15, 0.2) is 90.0 Å². The molecule has 4 rings (SSSR count). The minimum atomic E-state index is -0.291. The summed E-state index contributed by atoms with van der Waals surface area (Å²) in [6, 6.07) is 26.3. The Hall–Kier alpha value is -3.50. The van der Waals surface area contributed by atoms with Gasteiger partial charge in [-0.25, -0.2) is 10.4 Å². The van der Waals surface area contributed by atoms with Crippen molar-refractivity contribution in [2.24, 2.45) is 5.10 Å². The maximum Gasteiger partial charge on any atom is 0.272 e. The standard InChI is InChI=1S/C23H16ClN3O/c24-18-12-10-17(11-13-18)22-14-20(19-8-4-5-9-21(19)26-22)23(28)27-25-15-16-6-2-1-3-7-16/h1-15H,(H,27,28)/b25-15-. The second kappa shape index (κ2) is 8.03. The Bertz CT molecular complexity index is 1160. The lowest BCUT2D eigenvalue weighted by Gasteiger charge is -2.09. The summed E-state index contributed by atoms with van der Waals surface area (Å²) in [4.78, 5) is 17.5. The number of amides is 1. The van der Waals surface area contributed by atoms with Gasteiger partial charge in [-0.1, -0.05) is 72.3 Å². The first-order chi connectivity index (χ1) is 13.7. The van der Waals surface area contributed by atoms with Gasteiger partial charge in [0.15, 0.2) is 0 Å². The first-order valence-corrected chi connectivity index (χ1v) is 9.13. The Balaban J connectivity index is 1.69. The van der Waals surface area contributed by atoms with E-state index in [1.165, 1.54) is 0 Å². The molecule has 136 valence electrons. The molecule has 5 heteroatoms. The minimum absolute atomic E-state index is 0.291. The van der Waals surface area contributed by atoms with E-state index in [0.717, 1.165) is 22.0 Å². The van der Waals surface area contributed by atoms with Crippen molar-refractivity contribution >= 4 is 34.6 Å². The van der Waals surface area contributed by atoms with Crippen LogP contribution in [0.3, 0.4) is 0 Å². The third kappa shape index (κ3) is 3.92. The molecule has 0 fully saturated rings. The van der Waals surface area contributed by atoms with E-state index in [1.807, 2.05) is 66.7 Å². The number of rotatable bonds is 4. The molecule has 3 aromatic carbocycles. The summed E-state index contributed by atoms with van der Waals surface area (Å²) in [6.45, 7) is 0. The van der Waals surface area contributed by atoms with Crippen LogP contribution in [0, 0.1) is 0 Å². The van der Waals surface area contributed by atoms with Crippen LogP contribution in [0.25, 0.3) is 22.2 Å². The average Bonchev–Trinajstić information content (AvgIpc) is 2.74. The second-order valence-electron chi connectivity index (χ2n) is 6.19. The van der Waals surface area contributed by atoms with E-state index < -0.39 is 0 Å². The van der Waals surface area contributed by atoms with Crippen molar-refractivity contribution in [3.05, 3.63) is 101 Å². The summed E-state index contributed by atoms with van der Waals surface area (Å²) in [5, 5.41) is 5.50.